The maximum absolute atomic E-state index is 11.9. The van der Waals surface area contributed by atoms with Gasteiger partial charge in [0.25, 0.3) is 0 Å². The van der Waals surface area contributed by atoms with Gasteiger partial charge in [-0.15, -0.1) is 4.91 Å². The van der Waals surface area contributed by atoms with Crippen molar-refractivity contribution in [2.24, 2.45) is 5.18 Å². The van der Waals surface area contributed by atoms with Gasteiger partial charge in [-0.25, -0.2) is 9.78 Å². The van der Waals surface area contributed by atoms with E-state index < -0.39 is 5.97 Å². The van der Waals surface area contributed by atoms with E-state index in [2.05, 4.69) is 10.2 Å². The minimum atomic E-state index is -0.705. The van der Waals surface area contributed by atoms with Gasteiger partial charge in [-0.05, 0) is 48.9 Å². The molecular weight excluding hydrogens is 327 g/mol. The molecule has 0 N–H and O–H groups in total. The normalized spacial score (nSPS) is 10.4. The van der Waals surface area contributed by atoms with Crippen LogP contribution in [-0.4, -0.2) is 17.6 Å². The van der Waals surface area contributed by atoms with Gasteiger partial charge in [0.2, 0.25) is 0 Å². The second-order valence-corrected chi connectivity index (χ2v) is 5.26. The first-order chi connectivity index (χ1) is 10.5. The van der Waals surface area contributed by atoms with Crippen LogP contribution in [0.1, 0.15) is 23.0 Å². The van der Waals surface area contributed by atoms with Crippen LogP contribution < -0.4 is 0 Å². The number of nitrogens with zero attached hydrogens (tertiary/aromatic N) is 2. The number of ether oxygens (including phenoxy) is 1. The van der Waals surface area contributed by atoms with Gasteiger partial charge in [0, 0.05) is 15.6 Å². The zero-order valence-electron chi connectivity index (χ0n) is 11.9. The van der Waals surface area contributed by atoms with E-state index in [-0.39, 0.29) is 18.0 Å². The third kappa shape index (κ3) is 3.26. The second kappa shape index (κ2) is 6.85. The number of carbonyl (C=O) groups excluding carboxylic acids is 1. The quantitative estimate of drug-likeness (QED) is 0.584. The Labute approximate surface area is 137 Å². The molecular formula is C15H12Cl2N2O3. The fourth-order valence-electron chi connectivity index (χ4n) is 1.83. The van der Waals surface area contributed by atoms with E-state index >= 15 is 0 Å². The Morgan fingerprint density at radius 3 is 2.45 bits per heavy atom. The summed E-state index contributed by atoms with van der Waals surface area (Å²) in [6, 6.07) is 6.35. The summed E-state index contributed by atoms with van der Waals surface area (Å²) in [5.41, 5.74) is 1.61. The first-order valence-electron chi connectivity index (χ1n) is 6.45. The Hall–Kier alpha value is -1.98. The molecule has 0 radical (unpaired) electrons. The molecule has 0 spiro atoms. The van der Waals surface area contributed by atoms with Crippen molar-refractivity contribution in [1.82, 2.24) is 4.98 Å². The van der Waals surface area contributed by atoms with Crippen molar-refractivity contribution in [2.45, 2.75) is 13.8 Å². The van der Waals surface area contributed by atoms with Crippen molar-refractivity contribution >= 4 is 34.9 Å². The summed E-state index contributed by atoms with van der Waals surface area (Å²) < 4.78 is 4.88. The second-order valence-electron chi connectivity index (χ2n) is 4.44. The van der Waals surface area contributed by atoms with Gasteiger partial charge in [-0.3, -0.25) is 0 Å². The standard InChI is InChI=1S/C15H12Cl2N2O3/c1-3-22-15(20)14-13(19-21)5-4-12(18-14)9-6-10(16)8(2)11(17)7-9/h4-7H,3H2,1-2H3. The first-order valence-corrected chi connectivity index (χ1v) is 7.21. The zero-order chi connectivity index (χ0) is 16.3. The van der Waals surface area contributed by atoms with E-state index in [0.717, 1.165) is 5.56 Å². The predicted octanol–water partition coefficient (Wildman–Crippen LogP) is 4.94. The molecule has 22 heavy (non-hydrogen) atoms. The maximum Gasteiger partial charge on any atom is 0.359 e. The molecule has 0 unspecified atom stereocenters. The molecule has 0 aliphatic carbocycles. The lowest BCUT2D eigenvalue weighted by Crippen LogP contribution is -2.08. The molecule has 0 aliphatic rings. The van der Waals surface area contributed by atoms with Crippen LogP contribution in [0.5, 0.6) is 0 Å². The van der Waals surface area contributed by atoms with Gasteiger partial charge >= 0.3 is 5.97 Å². The lowest BCUT2D eigenvalue weighted by molar-refractivity contribution is 0.0520. The highest BCUT2D eigenvalue weighted by Gasteiger charge is 2.17. The molecule has 1 heterocycles. The Kier molecular flexibility index (Phi) is 5.11. The van der Waals surface area contributed by atoms with Crippen LogP contribution in [0.15, 0.2) is 29.4 Å². The van der Waals surface area contributed by atoms with Gasteiger partial charge < -0.3 is 4.74 Å². The Bertz CT molecular complexity index is 725. The topological polar surface area (TPSA) is 68.6 Å². The van der Waals surface area contributed by atoms with Crippen LogP contribution in [0.4, 0.5) is 5.69 Å². The van der Waals surface area contributed by atoms with E-state index in [9.17, 15) is 9.70 Å². The van der Waals surface area contributed by atoms with Crippen molar-refractivity contribution in [3.63, 3.8) is 0 Å². The van der Waals surface area contributed by atoms with Crippen LogP contribution in [0.3, 0.4) is 0 Å². The van der Waals surface area contributed by atoms with Crippen molar-refractivity contribution in [1.29, 1.82) is 0 Å². The van der Waals surface area contributed by atoms with Crippen molar-refractivity contribution in [2.75, 3.05) is 6.61 Å². The minimum Gasteiger partial charge on any atom is -0.461 e. The maximum atomic E-state index is 11.9. The summed E-state index contributed by atoms with van der Waals surface area (Å²) in [7, 11) is 0. The average Bonchev–Trinajstić information content (AvgIpc) is 2.51. The van der Waals surface area contributed by atoms with E-state index in [1.807, 2.05) is 0 Å². The molecule has 2 aromatic rings. The van der Waals surface area contributed by atoms with Crippen LogP contribution in [0.25, 0.3) is 11.3 Å². The Morgan fingerprint density at radius 1 is 1.27 bits per heavy atom. The van der Waals surface area contributed by atoms with Gasteiger partial charge in [-0.2, -0.15) is 0 Å². The number of hydrogen-bond donors (Lipinski definition) is 0. The summed E-state index contributed by atoms with van der Waals surface area (Å²) in [4.78, 5) is 26.8. The number of halogens is 2. The molecule has 7 heteroatoms. The molecule has 2 rings (SSSR count). The number of aromatic nitrogens is 1. The zero-order valence-corrected chi connectivity index (χ0v) is 13.4. The highest BCUT2D eigenvalue weighted by atomic mass is 35.5. The minimum absolute atomic E-state index is 0.0773. The number of pyridine rings is 1. The lowest BCUT2D eigenvalue weighted by atomic mass is 10.1. The van der Waals surface area contributed by atoms with Gasteiger partial charge in [-0.1, -0.05) is 23.2 Å². The lowest BCUT2D eigenvalue weighted by Gasteiger charge is -2.08. The SMILES string of the molecule is CCOC(=O)c1nc(-c2cc(Cl)c(C)c(Cl)c2)ccc1N=O. The Morgan fingerprint density at radius 2 is 1.91 bits per heavy atom. The summed E-state index contributed by atoms with van der Waals surface area (Å²) in [5.74, 6) is -0.705. The van der Waals surface area contributed by atoms with Crippen molar-refractivity contribution in [3.05, 3.63) is 50.5 Å². The van der Waals surface area contributed by atoms with Crippen LogP contribution >= 0.6 is 23.2 Å². The first kappa shape index (κ1) is 16.4. The molecule has 0 amide bonds. The number of carbonyl (C=O) groups is 1. The van der Waals surface area contributed by atoms with Gasteiger partial charge in [0.1, 0.15) is 5.69 Å². The molecule has 1 aromatic carbocycles. The third-order valence-corrected chi connectivity index (χ3v) is 3.80. The largest absolute Gasteiger partial charge is 0.461 e. The number of nitroso groups, excluding NO2 is 1. The number of rotatable bonds is 4. The molecule has 0 aliphatic heterocycles. The fraction of sp³-hybridized carbons (Fsp3) is 0.200. The highest BCUT2D eigenvalue weighted by Crippen LogP contribution is 2.31. The van der Waals surface area contributed by atoms with E-state index in [1.54, 1.807) is 32.0 Å². The van der Waals surface area contributed by atoms with Crippen molar-refractivity contribution < 1.29 is 9.53 Å². The smallest absolute Gasteiger partial charge is 0.359 e. The summed E-state index contributed by atoms with van der Waals surface area (Å²) >= 11 is 12.2. The van der Waals surface area contributed by atoms with E-state index in [0.29, 0.717) is 21.3 Å². The molecule has 5 nitrogen and oxygen atoms in total. The van der Waals surface area contributed by atoms with Gasteiger partial charge in [0.05, 0.1) is 12.3 Å². The van der Waals surface area contributed by atoms with Crippen molar-refractivity contribution in [3.8, 4) is 11.3 Å². The number of hydrogen-bond acceptors (Lipinski definition) is 5. The van der Waals surface area contributed by atoms with Gasteiger partial charge in [0.15, 0.2) is 5.69 Å². The number of benzene rings is 1. The van der Waals surface area contributed by atoms with E-state index in [4.69, 9.17) is 27.9 Å². The third-order valence-electron chi connectivity index (χ3n) is 3.02. The summed E-state index contributed by atoms with van der Waals surface area (Å²) in [6.07, 6.45) is 0. The summed E-state index contributed by atoms with van der Waals surface area (Å²) in [6.45, 7) is 3.63. The summed E-state index contributed by atoms with van der Waals surface area (Å²) in [5, 5.41) is 3.76. The molecule has 0 fully saturated rings. The van der Waals surface area contributed by atoms with Crippen LogP contribution in [0, 0.1) is 11.8 Å². The molecule has 0 bridgehead atoms. The van der Waals surface area contributed by atoms with E-state index in [1.165, 1.54) is 6.07 Å². The van der Waals surface area contributed by atoms with Crippen LogP contribution in [0.2, 0.25) is 10.0 Å². The van der Waals surface area contributed by atoms with Crippen LogP contribution in [-0.2, 0) is 4.74 Å². The molecule has 1 aromatic heterocycles. The predicted molar refractivity (Wildman–Crippen MR) is 85.8 cm³/mol. The molecule has 0 saturated heterocycles. The average molecular weight is 339 g/mol. The Balaban J connectivity index is 2.55. The monoisotopic (exact) mass is 338 g/mol. The molecule has 114 valence electrons. The molecule has 0 atom stereocenters. The number of esters is 1. The highest BCUT2D eigenvalue weighted by molar-refractivity contribution is 6.36. The molecule has 0 saturated carbocycles. The fourth-order valence-corrected chi connectivity index (χ4v) is 2.32.